The van der Waals surface area contributed by atoms with Crippen molar-refractivity contribution in [2.24, 2.45) is 10.1 Å². The molecule has 54 valence electrons. The molecule has 0 spiro atoms. The van der Waals surface area contributed by atoms with Crippen LogP contribution in [0.15, 0.2) is 21.7 Å². The first-order chi connectivity index (χ1) is 4.88. The van der Waals surface area contributed by atoms with Gasteiger partial charge in [-0.15, -0.1) is 0 Å². The van der Waals surface area contributed by atoms with Crippen molar-refractivity contribution in [2.45, 2.75) is 13.3 Å². The standard InChI is InChI=1S/C7H11N3/c1-3-4-6-5-9-10-7(6)8-2/h4-5H,3H2,1-2H3,(H,8,10)/b6-4-. The number of rotatable bonds is 1. The van der Waals surface area contributed by atoms with Crippen molar-refractivity contribution >= 4 is 12.1 Å². The van der Waals surface area contributed by atoms with E-state index in [2.05, 4.69) is 28.5 Å². The van der Waals surface area contributed by atoms with Gasteiger partial charge in [-0.1, -0.05) is 13.0 Å². The molecule has 0 aromatic rings. The van der Waals surface area contributed by atoms with E-state index in [0.717, 1.165) is 17.8 Å². The zero-order valence-corrected chi connectivity index (χ0v) is 6.26. The van der Waals surface area contributed by atoms with Gasteiger partial charge in [0.2, 0.25) is 0 Å². The Bertz CT molecular complexity index is 201. The van der Waals surface area contributed by atoms with Crippen LogP contribution in [0.5, 0.6) is 0 Å². The molecule has 0 aromatic heterocycles. The number of allylic oxidation sites excluding steroid dienone is 1. The van der Waals surface area contributed by atoms with Gasteiger partial charge in [-0.25, -0.2) is 0 Å². The van der Waals surface area contributed by atoms with Gasteiger partial charge < -0.3 is 0 Å². The Morgan fingerprint density at radius 2 is 2.60 bits per heavy atom. The van der Waals surface area contributed by atoms with Crippen LogP contribution in [0.25, 0.3) is 0 Å². The highest BCUT2D eigenvalue weighted by atomic mass is 15.3. The molecule has 0 amide bonds. The fourth-order valence-electron chi connectivity index (χ4n) is 0.837. The van der Waals surface area contributed by atoms with Crippen LogP contribution in [-0.2, 0) is 0 Å². The molecule has 0 aliphatic carbocycles. The van der Waals surface area contributed by atoms with E-state index in [1.807, 2.05) is 0 Å². The average molecular weight is 137 g/mol. The summed E-state index contributed by atoms with van der Waals surface area (Å²) in [4.78, 5) is 4.00. The second-order valence-electron chi connectivity index (χ2n) is 2.01. The van der Waals surface area contributed by atoms with Crippen LogP contribution in [-0.4, -0.2) is 19.1 Å². The van der Waals surface area contributed by atoms with Gasteiger partial charge >= 0.3 is 0 Å². The summed E-state index contributed by atoms with van der Waals surface area (Å²) in [5.74, 6) is 0.863. The first-order valence-electron chi connectivity index (χ1n) is 3.35. The molecule has 0 fully saturated rings. The van der Waals surface area contributed by atoms with Crippen LogP contribution in [0.2, 0.25) is 0 Å². The largest absolute Gasteiger partial charge is 0.270 e. The van der Waals surface area contributed by atoms with Crippen molar-refractivity contribution < 1.29 is 0 Å². The minimum atomic E-state index is 0.863. The molecule has 1 aliphatic heterocycles. The molecule has 0 saturated carbocycles. The fraction of sp³-hybridized carbons (Fsp3) is 0.429. The summed E-state index contributed by atoms with van der Waals surface area (Å²) >= 11 is 0. The lowest BCUT2D eigenvalue weighted by atomic mass is 10.2. The molecule has 0 unspecified atom stereocenters. The van der Waals surface area contributed by atoms with Crippen molar-refractivity contribution in [3.8, 4) is 0 Å². The predicted octanol–water partition coefficient (Wildman–Crippen LogP) is 0.940. The molecule has 3 heteroatoms. The summed E-state index contributed by atoms with van der Waals surface area (Å²) in [6.07, 6.45) is 4.89. The van der Waals surface area contributed by atoms with Crippen molar-refractivity contribution in [1.82, 2.24) is 5.43 Å². The number of nitrogens with zero attached hydrogens (tertiary/aromatic N) is 2. The third kappa shape index (κ3) is 1.23. The van der Waals surface area contributed by atoms with Gasteiger partial charge in [0.1, 0.15) is 5.84 Å². The first-order valence-corrected chi connectivity index (χ1v) is 3.35. The van der Waals surface area contributed by atoms with E-state index < -0.39 is 0 Å². The lowest BCUT2D eigenvalue weighted by molar-refractivity contribution is 1.05. The van der Waals surface area contributed by atoms with Crippen molar-refractivity contribution in [2.75, 3.05) is 7.05 Å². The quantitative estimate of drug-likeness (QED) is 0.573. The molecule has 0 bridgehead atoms. The molecule has 3 nitrogen and oxygen atoms in total. The van der Waals surface area contributed by atoms with Gasteiger partial charge in [0.05, 0.1) is 6.21 Å². The number of hydrogen-bond acceptors (Lipinski definition) is 2. The third-order valence-electron chi connectivity index (χ3n) is 1.30. The van der Waals surface area contributed by atoms with Gasteiger partial charge in [0.25, 0.3) is 0 Å². The molecule has 0 aromatic carbocycles. The Morgan fingerprint density at radius 1 is 1.80 bits per heavy atom. The van der Waals surface area contributed by atoms with Gasteiger partial charge in [-0.05, 0) is 6.42 Å². The number of nitrogens with one attached hydrogen (secondary N) is 1. The Hall–Kier alpha value is -1.12. The zero-order valence-electron chi connectivity index (χ0n) is 6.26. The number of aliphatic imine (C=N–C) groups is 1. The number of hydrazone groups is 1. The Labute approximate surface area is 60.5 Å². The average Bonchev–Trinajstić information content (AvgIpc) is 2.36. The minimum absolute atomic E-state index is 0.863. The molecule has 1 aliphatic rings. The van der Waals surface area contributed by atoms with Crippen molar-refractivity contribution in [3.63, 3.8) is 0 Å². The van der Waals surface area contributed by atoms with Crippen molar-refractivity contribution in [3.05, 3.63) is 11.6 Å². The maximum atomic E-state index is 4.00. The predicted molar refractivity (Wildman–Crippen MR) is 43.4 cm³/mol. The Morgan fingerprint density at radius 3 is 3.20 bits per heavy atom. The van der Waals surface area contributed by atoms with Crippen LogP contribution < -0.4 is 5.43 Å². The molecular formula is C7H11N3. The molecular weight excluding hydrogens is 126 g/mol. The second kappa shape index (κ2) is 3.15. The van der Waals surface area contributed by atoms with E-state index >= 15 is 0 Å². The fourth-order valence-corrected chi connectivity index (χ4v) is 0.837. The summed E-state index contributed by atoms with van der Waals surface area (Å²) in [6.45, 7) is 2.09. The highest BCUT2D eigenvalue weighted by molar-refractivity contribution is 6.17. The SMILES string of the molecule is CC/C=C1/C=NNC1=NC. The molecule has 0 saturated heterocycles. The summed E-state index contributed by atoms with van der Waals surface area (Å²) in [5.41, 5.74) is 3.88. The van der Waals surface area contributed by atoms with E-state index in [9.17, 15) is 0 Å². The van der Waals surface area contributed by atoms with Crippen LogP contribution >= 0.6 is 0 Å². The molecule has 0 radical (unpaired) electrons. The summed E-state index contributed by atoms with van der Waals surface area (Å²) in [5, 5.41) is 3.86. The smallest absolute Gasteiger partial charge is 0.149 e. The normalized spacial score (nSPS) is 24.2. The highest BCUT2D eigenvalue weighted by Gasteiger charge is 2.06. The van der Waals surface area contributed by atoms with Crippen LogP contribution in [0, 0.1) is 0 Å². The number of amidine groups is 1. The molecule has 1 heterocycles. The van der Waals surface area contributed by atoms with Gasteiger partial charge in [-0.3, -0.25) is 10.4 Å². The molecule has 10 heavy (non-hydrogen) atoms. The first kappa shape index (κ1) is 6.99. The van der Waals surface area contributed by atoms with Crippen molar-refractivity contribution in [1.29, 1.82) is 0 Å². The monoisotopic (exact) mass is 137 g/mol. The molecule has 0 atom stereocenters. The van der Waals surface area contributed by atoms with E-state index in [-0.39, 0.29) is 0 Å². The van der Waals surface area contributed by atoms with Crippen LogP contribution in [0.4, 0.5) is 0 Å². The third-order valence-corrected chi connectivity index (χ3v) is 1.30. The Kier molecular flexibility index (Phi) is 2.20. The zero-order chi connectivity index (χ0) is 7.40. The maximum absolute atomic E-state index is 4.00. The van der Waals surface area contributed by atoms with Crippen LogP contribution in [0.1, 0.15) is 13.3 Å². The van der Waals surface area contributed by atoms with E-state index in [4.69, 9.17) is 0 Å². The van der Waals surface area contributed by atoms with Crippen LogP contribution in [0.3, 0.4) is 0 Å². The second-order valence-corrected chi connectivity index (χ2v) is 2.01. The summed E-state index contributed by atoms with van der Waals surface area (Å²) in [7, 11) is 1.75. The van der Waals surface area contributed by atoms with E-state index in [1.54, 1.807) is 13.3 Å². The number of hydrogen-bond donors (Lipinski definition) is 1. The van der Waals surface area contributed by atoms with E-state index in [1.165, 1.54) is 0 Å². The molecule has 1 rings (SSSR count). The maximum Gasteiger partial charge on any atom is 0.149 e. The lowest BCUT2D eigenvalue weighted by Gasteiger charge is -1.93. The highest BCUT2D eigenvalue weighted by Crippen LogP contribution is 2.00. The summed E-state index contributed by atoms with van der Waals surface area (Å²) in [6, 6.07) is 0. The van der Waals surface area contributed by atoms with E-state index in [0.29, 0.717) is 0 Å². The van der Waals surface area contributed by atoms with Gasteiger partial charge in [0.15, 0.2) is 0 Å². The topological polar surface area (TPSA) is 36.8 Å². The van der Waals surface area contributed by atoms with Gasteiger partial charge in [0, 0.05) is 12.6 Å². The Balaban J connectivity index is 2.76. The summed E-state index contributed by atoms with van der Waals surface area (Å²) < 4.78 is 0. The minimum Gasteiger partial charge on any atom is -0.270 e. The van der Waals surface area contributed by atoms with Gasteiger partial charge in [-0.2, -0.15) is 5.10 Å². The molecule has 1 N–H and O–H groups in total. The lowest BCUT2D eigenvalue weighted by Crippen LogP contribution is -2.12.